The van der Waals surface area contributed by atoms with Crippen molar-refractivity contribution in [3.8, 4) is 0 Å². The number of benzene rings is 1. The molecule has 1 saturated carbocycles. The zero-order valence-corrected chi connectivity index (χ0v) is 11.3. The molecule has 1 aliphatic rings. The monoisotopic (exact) mass is 274 g/mol. The third kappa shape index (κ3) is 2.54. The summed E-state index contributed by atoms with van der Waals surface area (Å²) in [4.78, 5) is 15.5. The first kappa shape index (κ1) is 13.1. The van der Waals surface area contributed by atoms with Crippen LogP contribution in [0.3, 0.4) is 0 Å². The summed E-state index contributed by atoms with van der Waals surface area (Å²) in [5, 5.41) is 9.25. The molecule has 106 valence electrons. The Morgan fingerprint density at radius 1 is 1.40 bits per heavy atom. The van der Waals surface area contributed by atoms with E-state index in [0.29, 0.717) is 35.9 Å². The molecule has 0 aliphatic heterocycles. The van der Waals surface area contributed by atoms with Crippen LogP contribution in [0.1, 0.15) is 36.0 Å². The highest BCUT2D eigenvalue weighted by Gasteiger charge is 2.16. The van der Waals surface area contributed by atoms with Gasteiger partial charge in [-0.15, -0.1) is 0 Å². The van der Waals surface area contributed by atoms with Gasteiger partial charge in [0.15, 0.2) is 0 Å². The lowest BCUT2D eigenvalue weighted by Crippen LogP contribution is -2.13. The van der Waals surface area contributed by atoms with Crippen LogP contribution < -0.4 is 0 Å². The maximum absolute atomic E-state index is 11.3. The summed E-state index contributed by atoms with van der Waals surface area (Å²) in [6.07, 6.45) is 6.86. The second-order valence-electron chi connectivity index (χ2n) is 5.19. The zero-order chi connectivity index (χ0) is 13.9. The molecular formula is C15H18N2O3. The van der Waals surface area contributed by atoms with Gasteiger partial charge in [0.25, 0.3) is 0 Å². The number of hydrogen-bond acceptors (Lipinski definition) is 3. The van der Waals surface area contributed by atoms with E-state index in [-0.39, 0.29) is 0 Å². The third-order valence-electron chi connectivity index (χ3n) is 3.86. The Morgan fingerprint density at radius 3 is 2.95 bits per heavy atom. The van der Waals surface area contributed by atoms with Crippen molar-refractivity contribution < 1.29 is 14.6 Å². The molecule has 0 bridgehead atoms. The van der Waals surface area contributed by atoms with E-state index in [4.69, 9.17) is 4.74 Å². The Balaban J connectivity index is 1.75. The molecular weight excluding hydrogens is 256 g/mol. The molecule has 2 aromatic rings. The summed E-state index contributed by atoms with van der Waals surface area (Å²) in [5.74, 6) is -0.922. The molecule has 0 unspecified atom stereocenters. The van der Waals surface area contributed by atoms with E-state index >= 15 is 0 Å². The van der Waals surface area contributed by atoms with Crippen LogP contribution in [-0.2, 0) is 11.3 Å². The van der Waals surface area contributed by atoms with Crippen molar-refractivity contribution in [2.45, 2.75) is 38.3 Å². The van der Waals surface area contributed by atoms with E-state index < -0.39 is 5.97 Å². The second-order valence-corrected chi connectivity index (χ2v) is 5.19. The predicted molar refractivity (Wildman–Crippen MR) is 74.9 cm³/mol. The molecule has 5 nitrogen and oxygen atoms in total. The van der Waals surface area contributed by atoms with E-state index in [1.54, 1.807) is 18.5 Å². The van der Waals surface area contributed by atoms with Gasteiger partial charge in [0.05, 0.1) is 35.6 Å². The predicted octanol–water partition coefficient (Wildman–Crippen LogP) is 2.69. The molecule has 0 atom stereocenters. The van der Waals surface area contributed by atoms with Crippen LogP contribution in [0.2, 0.25) is 0 Å². The molecule has 0 saturated heterocycles. The van der Waals surface area contributed by atoms with Gasteiger partial charge in [-0.2, -0.15) is 0 Å². The fourth-order valence-electron chi connectivity index (χ4n) is 2.84. The van der Waals surface area contributed by atoms with Gasteiger partial charge in [-0.1, -0.05) is 18.9 Å². The number of imidazole rings is 1. The summed E-state index contributed by atoms with van der Waals surface area (Å²) >= 11 is 0. The molecule has 1 aromatic carbocycles. The Labute approximate surface area is 117 Å². The van der Waals surface area contributed by atoms with Crippen LogP contribution in [0.4, 0.5) is 0 Å². The molecule has 1 heterocycles. The third-order valence-corrected chi connectivity index (χ3v) is 3.86. The molecule has 1 aromatic heterocycles. The van der Waals surface area contributed by atoms with Crippen molar-refractivity contribution in [3.05, 3.63) is 30.1 Å². The first-order valence-electron chi connectivity index (χ1n) is 7.04. The van der Waals surface area contributed by atoms with E-state index in [2.05, 4.69) is 4.98 Å². The van der Waals surface area contributed by atoms with Crippen LogP contribution in [-0.4, -0.2) is 33.3 Å². The van der Waals surface area contributed by atoms with Crippen molar-refractivity contribution in [1.82, 2.24) is 9.55 Å². The lowest BCUT2D eigenvalue weighted by molar-refractivity contribution is 0.0533. The summed E-state index contributed by atoms with van der Waals surface area (Å²) in [5.41, 5.74) is 1.68. The van der Waals surface area contributed by atoms with Crippen LogP contribution in [0, 0.1) is 0 Å². The lowest BCUT2D eigenvalue weighted by Gasteiger charge is -2.12. The maximum atomic E-state index is 11.3. The van der Waals surface area contributed by atoms with Crippen LogP contribution in [0.25, 0.3) is 11.0 Å². The number of rotatable bonds is 5. The molecule has 5 heteroatoms. The van der Waals surface area contributed by atoms with Gasteiger partial charge >= 0.3 is 5.97 Å². The van der Waals surface area contributed by atoms with Gasteiger partial charge in [-0.3, -0.25) is 0 Å². The van der Waals surface area contributed by atoms with Crippen molar-refractivity contribution in [2.75, 3.05) is 6.61 Å². The normalized spacial score (nSPS) is 16.0. The van der Waals surface area contributed by atoms with E-state index in [1.807, 2.05) is 10.6 Å². The molecule has 1 N–H and O–H groups in total. The van der Waals surface area contributed by atoms with Crippen molar-refractivity contribution in [1.29, 1.82) is 0 Å². The van der Waals surface area contributed by atoms with E-state index in [9.17, 15) is 9.90 Å². The highest BCUT2D eigenvalue weighted by Crippen LogP contribution is 2.21. The van der Waals surface area contributed by atoms with Crippen molar-refractivity contribution in [3.63, 3.8) is 0 Å². The summed E-state index contributed by atoms with van der Waals surface area (Å²) in [6.45, 7) is 1.24. The van der Waals surface area contributed by atoms with Gasteiger partial charge < -0.3 is 14.4 Å². The summed E-state index contributed by atoms with van der Waals surface area (Å²) < 4.78 is 7.70. The minimum atomic E-state index is -0.922. The first-order valence-corrected chi connectivity index (χ1v) is 7.04. The van der Waals surface area contributed by atoms with Crippen molar-refractivity contribution in [2.24, 2.45) is 0 Å². The van der Waals surface area contributed by atoms with Gasteiger partial charge in [0.1, 0.15) is 0 Å². The Bertz CT molecular complexity index is 615. The number of carbonyl (C=O) groups is 1. The summed E-state index contributed by atoms with van der Waals surface area (Å²) in [6, 6.07) is 5.16. The minimum Gasteiger partial charge on any atom is -0.478 e. The minimum absolute atomic E-state index is 0.292. The van der Waals surface area contributed by atoms with E-state index in [1.165, 1.54) is 12.8 Å². The smallest absolute Gasteiger partial charge is 0.337 e. The number of carboxylic acids is 1. The van der Waals surface area contributed by atoms with Crippen LogP contribution in [0.5, 0.6) is 0 Å². The Morgan fingerprint density at radius 2 is 2.20 bits per heavy atom. The first-order chi connectivity index (χ1) is 9.75. The number of ether oxygens (including phenoxy) is 1. The molecule has 1 fully saturated rings. The average Bonchev–Trinajstić information content (AvgIpc) is 3.08. The fourth-order valence-corrected chi connectivity index (χ4v) is 2.84. The molecule has 0 amide bonds. The Kier molecular flexibility index (Phi) is 3.69. The van der Waals surface area contributed by atoms with Crippen molar-refractivity contribution >= 4 is 17.0 Å². The fraction of sp³-hybridized carbons (Fsp3) is 0.467. The van der Waals surface area contributed by atoms with E-state index in [0.717, 1.165) is 12.8 Å². The number of aromatic nitrogens is 2. The topological polar surface area (TPSA) is 64.3 Å². The molecule has 0 radical (unpaired) electrons. The lowest BCUT2D eigenvalue weighted by atomic mass is 10.2. The van der Waals surface area contributed by atoms with Gasteiger partial charge in [0.2, 0.25) is 0 Å². The van der Waals surface area contributed by atoms with Gasteiger partial charge in [-0.05, 0) is 25.0 Å². The zero-order valence-electron chi connectivity index (χ0n) is 11.3. The largest absolute Gasteiger partial charge is 0.478 e. The number of fused-ring (bicyclic) bond motifs is 1. The van der Waals surface area contributed by atoms with Crippen LogP contribution >= 0.6 is 0 Å². The summed E-state index contributed by atoms with van der Waals surface area (Å²) in [7, 11) is 0. The molecule has 3 rings (SSSR count). The van der Waals surface area contributed by atoms with Gasteiger partial charge in [-0.25, -0.2) is 9.78 Å². The number of carboxylic acid groups (broad SMARTS) is 1. The highest BCUT2D eigenvalue weighted by molar-refractivity contribution is 6.01. The number of hydrogen-bond donors (Lipinski definition) is 1. The Hall–Kier alpha value is -1.88. The SMILES string of the molecule is O=C(O)c1cccc2ncn(CCOC3CCCC3)c12. The van der Waals surface area contributed by atoms with Gasteiger partial charge in [0, 0.05) is 6.54 Å². The van der Waals surface area contributed by atoms with Crippen LogP contribution in [0.15, 0.2) is 24.5 Å². The molecule has 0 spiro atoms. The molecule has 20 heavy (non-hydrogen) atoms. The number of nitrogens with zero attached hydrogens (tertiary/aromatic N) is 2. The quantitative estimate of drug-likeness (QED) is 0.910. The molecule has 1 aliphatic carbocycles. The highest BCUT2D eigenvalue weighted by atomic mass is 16.5. The average molecular weight is 274 g/mol. The standard InChI is InChI=1S/C15H18N2O3/c18-15(19)12-6-3-7-13-14(12)17(10-16-13)8-9-20-11-4-1-2-5-11/h3,6-7,10-11H,1-2,4-5,8-9H2,(H,18,19). The number of para-hydroxylation sites is 1. The maximum Gasteiger partial charge on any atom is 0.337 e. The number of aromatic carboxylic acids is 1. The second kappa shape index (κ2) is 5.63.